The number of allylic oxidation sites excluding steroid dienone is 1. The highest BCUT2D eigenvalue weighted by Gasteiger charge is 2.10. The molecular formula is C12H8BNO2. The van der Waals surface area contributed by atoms with Crippen LogP contribution in [-0.4, -0.2) is 19.9 Å². The molecule has 0 aliphatic carbocycles. The number of benzene rings is 1. The molecule has 2 radical (unpaired) electrons. The minimum Gasteiger partial charge on any atom is -0.303 e. The molecule has 1 rings (SSSR count). The van der Waals surface area contributed by atoms with Crippen molar-refractivity contribution in [2.24, 2.45) is 0 Å². The monoisotopic (exact) mass is 209 g/mol. The molecule has 76 valence electrons. The fourth-order valence-corrected chi connectivity index (χ4v) is 1.25. The molecule has 0 atom stereocenters. The summed E-state index contributed by atoms with van der Waals surface area (Å²) in [7, 11) is 5.16. The van der Waals surface area contributed by atoms with Crippen molar-refractivity contribution in [1.29, 1.82) is 5.26 Å². The first-order chi connectivity index (χ1) is 7.72. The molecule has 0 amide bonds. The van der Waals surface area contributed by atoms with Crippen LogP contribution in [0.4, 0.5) is 0 Å². The Morgan fingerprint density at radius 2 is 2.25 bits per heavy atom. The van der Waals surface area contributed by atoms with Crippen LogP contribution in [0, 0.1) is 11.3 Å². The van der Waals surface area contributed by atoms with Crippen molar-refractivity contribution in [1.82, 2.24) is 0 Å². The number of Topliss-reactive ketones (excluding diaryl/α,β-unsaturated/α-hetero) is 1. The predicted octanol–water partition coefficient (Wildman–Crippen LogP) is 1.19. The lowest BCUT2D eigenvalue weighted by molar-refractivity contribution is -0.107. The highest BCUT2D eigenvalue weighted by molar-refractivity contribution is 6.23. The van der Waals surface area contributed by atoms with Gasteiger partial charge in [0.05, 0.1) is 5.57 Å². The number of nitriles is 1. The van der Waals surface area contributed by atoms with E-state index in [0.29, 0.717) is 5.56 Å². The number of rotatable bonds is 4. The van der Waals surface area contributed by atoms with Crippen LogP contribution >= 0.6 is 0 Å². The number of ketones is 1. The quantitative estimate of drug-likeness (QED) is 0.246. The van der Waals surface area contributed by atoms with Crippen LogP contribution in [0.3, 0.4) is 0 Å². The Balaban J connectivity index is 3.05. The first-order valence-corrected chi connectivity index (χ1v) is 4.62. The smallest absolute Gasteiger partial charge is 0.202 e. The Hall–Kier alpha value is -2.15. The molecule has 0 saturated carbocycles. The van der Waals surface area contributed by atoms with Gasteiger partial charge in [0, 0.05) is 12.0 Å². The van der Waals surface area contributed by atoms with Gasteiger partial charge in [0.2, 0.25) is 5.78 Å². The second-order valence-corrected chi connectivity index (χ2v) is 3.09. The molecule has 0 heterocycles. The average molecular weight is 209 g/mol. The molecule has 0 aliphatic heterocycles. The maximum atomic E-state index is 11.7. The predicted molar refractivity (Wildman–Crippen MR) is 60.0 cm³/mol. The molecule has 0 N–H and O–H groups in total. The van der Waals surface area contributed by atoms with Gasteiger partial charge < -0.3 is 4.79 Å². The van der Waals surface area contributed by atoms with Crippen molar-refractivity contribution in [2.75, 3.05) is 0 Å². The first kappa shape index (κ1) is 11.9. The Morgan fingerprint density at radius 1 is 1.50 bits per heavy atom. The first-order valence-electron chi connectivity index (χ1n) is 4.62. The van der Waals surface area contributed by atoms with Gasteiger partial charge in [0.25, 0.3) is 0 Å². The number of hydrogen-bond acceptors (Lipinski definition) is 3. The standard InChI is InChI=1S/C12H8BNO2/c13-7-11(8-14)12(16)10-3-1-2-9(6-10)4-5-15/h1-3,5-7H,4H2. The van der Waals surface area contributed by atoms with E-state index in [4.69, 9.17) is 13.1 Å². The van der Waals surface area contributed by atoms with Crippen molar-refractivity contribution in [3.05, 3.63) is 46.9 Å². The molecule has 0 aromatic heterocycles. The maximum Gasteiger partial charge on any atom is 0.202 e. The summed E-state index contributed by atoms with van der Waals surface area (Å²) in [5, 5.41) is 8.66. The average Bonchev–Trinajstić information content (AvgIpc) is 2.31. The molecule has 16 heavy (non-hydrogen) atoms. The molecule has 1 aromatic rings. The van der Waals surface area contributed by atoms with Gasteiger partial charge in [-0.2, -0.15) is 5.26 Å². The van der Waals surface area contributed by atoms with Crippen molar-refractivity contribution in [2.45, 2.75) is 6.42 Å². The summed E-state index contributed by atoms with van der Waals surface area (Å²) in [6.07, 6.45) is 1.00. The zero-order chi connectivity index (χ0) is 12.0. The van der Waals surface area contributed by atoms with Gasteiger partial charge in [-0.25, -0.2) is 0 Å². The van der Waals surface area contributed by atoms with E-state index >= 15 is 0 Å². The highest BCUT2D eigenvalue weighted by Crippen LogP contribution is 2.10. The Labute approximate surface area is 94.8 Å². The van der Waals surface area contributed by atoms with Gasteiger partial charge in [-0.05, 0) is 11.6 Å². The number of hydrogen-bond donors (Lipinski definition) is 0. The molecular weight excluding hydrogens is 201 g/mol. The van der Waals surface area contributed by atoms with Crippen LogP contribution < -0.4 is 0 Å². The zero-order valence-electron chi connectivity index (χ0n) is 8.51. The number of aldehydes is 1. The number of nitrogens with zero attached hydrogens (tertiary/aromatic N) is 1. The van der Waals surface area contributed by atoms with Crippen molar-refractivity contribution >= 4 is 19.9 Å². The summed E-state index contributed by atoms with van der Waals surface area (Å²) < 4.78 is 0. The second kappa shape index (κ2) is 5.67. The van der Waals surface area contributed by atoms with E-state index in [1.165, 1.54) is 0 Å². The molecule has 1 aromatic carbocycles. The van der Waals surface area contributed by atoms with E-state index in [2.05, 4.69) is 0 Å². The molecule has 3 nitrogen and oxygen atoms in total. The van der Waals surface area contributed by atoms with E-state index in [1.807, 2.05) is 0 Å². The van der Waals surface area contributed by atoms with Gasteiger partial charge in [0.15, 0.2) is 0 Å². The lowest BCUT2D eigenvalue weighted by Gasteiger charge is -2.01. The van der Waals surface area contributed by atoms with Crippen molar-refractivity contribution in [3.8, 4) is 6.07 Å². The van der Waals surface area contributed by atoms with Crippen molar-refractivity contribution in [3.63, 3.8) is 0 Å². The van der Waals surface area contributed by atoms with E-state index in [1.54, 1.807) is 30.3 Å². The van der Waals surface area contributed by atoms with Gasteiger partial charge in [-0.1, -0.05) is 18.2 Å². The fourth-order valence-electron chi connectivity index (χ4n) is 1.25. The van der Waals surface area contributed by atoms with Crippen LogP contribution in [0.1, 0.15) is 15.9 Å². The normalized spacial score (nSPS) is 10.6. The van der Waals surface area contributed by atoms with Gasteiger partial charge in [-0.3, -0.25) is 4.79 Å². The third-order valence-electron chi connectivity index (χ3n) is 2.04. The summed E-state index contributed by atoms with van der Waals surface area (Å²) in [5.74, 6) is 0.548. The van der Waals surface area contributed by atoms with E-state index in [0.717, 1.165) is 17.8 Å². The topological polar surface area (TPSA) is 57.9 Å². The van der Waals surface area contributed by atoms with E-state index < -0.39 is 5.78 Å². The van der Waals surface area contributed by atoms with Crippen LogP contribution in [0.25, 0.3) is 0 Å². The maximum absolute atomic E-state index is 11.7. The molecule has 0 fully saturated rings. The van der Waals surface area contributed by atoms with Crippen LogP contribution in [0.5, 0.6) is 0 Å². The second-order valence-electron chi connectivity index (χ2n) is 3.09. The van der Waals surface area contributed by atoms with Gasteiger partial charge in [-0.15, -0.1) is 5.98 Å². The third-order valence-corrected chi connectivity index (χ3v) is 2.04. The molecule has 0 spiro atoms. The van der Waals surface area contributed by atoms with Crippen LogP contribution in [0.2, 0.25) is 0 Å². The van der Waals surface area contributed by atoms with Crippen molar-refractivity contribution < 1.29 is 9.59 Å². The minimum atomic E-state index is -0.433. The molecule has 0 saturated heterocycles. The lowest BCUT2D eigenvalue weighted by Crippen LogP contribution is -2.03. The van der Waals surface area contributed by atoms with Gasteiger partial charge >= 0.3 is 0 Å². The fraction of sp³-hybridized carbons (Fsp3) is 0.0833. The van der Waals surface area contributed by atoms with Gasteiger partial charge in [0.1, 0.15) is 20.2 Å². The molecule has 0 unspecified atom stereocenters. The Kier molecular flexibility index (Phi) is 4.22. The zero-order valence-corrected chi connectivity index (χ0v) is 8.51. The van der Waals surface area contributed by atoms with Crippen LogP contribution in [0.15, 0.2) is 35.8 Å². The van der Waals surface area contributed by atoms with Crippen LogP contribution in [-0.2, 0) is 11.2 Å². The summed E-state index contributed by atoms with van der Waals surface area (Å²) >= 11 is 0. The largest absolute Gasteiger partial charge is 0.303 e. The molecule has 4 heteroatoms. The highest BCUT2D eigenvalue weighted by atomic mass is 16.1. The van der Waals surface area contributed by atoms with E-state index in [9.17, 15) is 9.59 Å². The summed E-state index contributed by atoms with van der Waals surface area (Å²) in [4.78, 5) is 22.0. The number of carbonyl (C=O) groups excluding carboxylic acids is 2. The lowest BCUT2D eigenvalue weighted by atomic mass is 9.96. The Bertz CT molecular complexity index is 486. The summed E-state index contributed by atoms with van der Waals surface area (Å²) in [6, 6.07) is 8.28. The molecule has 0 bridgehead atoms. The SMILES string of the molecule is [B]C=C(C#N)C(=O)c1cccc(CC=O)c1. The summed E-state index contributed by atoms with van der Waals surface area (Å²) in [6.45, 7) is 0. The summed E-state index contributed by atoms with van der Waals surface area (Å²) in [5.41, 5.74) is 0.982. The Morgan fingerprint density at radius 3 is 2.81 bits per heavy atom. The minimum absolute atomic E-state index is 0.108. The van der Waals surface area contributed by atoms with E-state index in [-0.39, 0.29) is 12.0 Å². The third kappa shape index (κ3) is 2.67. The number of carbonyl (C=O) groups is 2. The molecule has 0 aliphatic rings.